The summed E-state index contributed by atoms with van der Waals surface area (Å²) in [5.74, 6) is -0.949. The summed E-state index contributed by atoms with van der Waals surface area (Å²) < 4.78 is 0. The molecule has 1 heterocycles. The number of aromatic carboxylic acids is 1. The van der Waals surface area contributed by atoms with E-state index in [0.29, 0.717) is 22.5 Å². The number of carboxylic acids is 1. The number of unbranched alkanes of at least 4 members (excludes halogenated alkanes) is 1. The van der Waals surface area contributed by atoms with Gasteiger partial charge < -0.3 is 15.8 Å². The van der Waals surface area contributed by atoms with E-state index >= 15 is 0 Å². The maximum absolute atomic E-state index is 11.7. The first-order valence-corrected chi connectivity index (χ1v) is 8.33. The molecule has 24 heavy (non-hydrogen) atoms. The molecule has 1 aromatic heterocycles. The maximum Gasteiger partial charge on any atom is 0.336 e. The van der Waals surface area contributed by atoms with E-state index in [1.54, 1.807) is 12.1 Å². The molecular formula is C19H19ClN2O2. The molecular weight excluding hydrogens is 324 g/mol. The van der Waals surface area contributed by atoms with E-state index in [1.807, 2.05) is 30.3 Å². The van der Waals surface area contributed by atoms with Gasteiger partial charge in [-0.3, -0.25) is 0 Å². The number of aromatic amines is 1. The molecule has 0 spiro atoms. The number of hydrogen-bond acceptors (Lipinski definition) is 2. The summed E-state index contributed by atoms with van der Waals surface area (Å²) in [6.07, 6.45) is 2.54. The Labute approximate surface area is 145 Å². The van der Waals surface area contributed by atoms with Gasteiger partial charge in [0.2, 0.25) is 0 Å². The topological polar surface area (TPSA) is 79.1 Å². The van der Waals surface area contributed by atoms with Gasteiger partial charge in [-0.15, -0.1) is 0 Å². The molecule has 3 rings (SSSR count). The second-order valence-corrected chi connectivity index (χ2v) is 6.15. The van der Waals surface area contributed by atoms with Gasteiger partial charge >= 0.3 is 5.97 Å². The minimum absolute atomic E-state index is 0.274. The molecule has 3 aromatic rings. The quantitative estimate of drug-likeness (QED) is 0.578. The molecule has 0 fully saturated rings. The first-order chi connectivity index (χ1) is 11.6. The van der Waals surface area contributed by atoms with Gasteiger partial charge in [-0.05, 0) is 49.1 Å². The summed E-state index contributed by atoms with van der Waals surface area (Å²) in [5, 5.41) is 10.8. The van der Waals surface area contributed by atoms with Crippen LogP contribution >= 0.6 is 11.6 Å². The summed E-state index contributed by atoms with van der Waals surface area (Å²) in [7, 11) is 0. The molecule has 2 aromatic carbocycles. The second-order valence-electron chi connectivity index (χ2n) is 5.74. The lowest BCUT2D eigenvalue weighted by Gasteiger charge is -2.07. The van der Waals surface area contributed by atoms with Crippen molar-refractivity contribution in [2.45, 2.75) is 19.3 Å². The summed E-state index contributed by atoms with van der Waals surface area (Å²) in [6, 6.07) is 13.1. The Morgan fingerprint density at radius 3 is 2.54 bits per heavy atom. The number of H-pyrrole nitrogens is 1. The van der Waals surface area contributed by atoms with Crippen molar-refractivity contribution in [3.05, 3.63) is 58.6 Å². The summed E-state index contributed by atoms with van der Waals surface area (Å²) in [6.45, 7) is 0.621. The van der Waals surface area contributed by atoms with Crippen LogP contribution < -0.4 is 5.73 Å². The fourth-order valence-corrected chi connectivity index (χ4v) is 3.27. The van der Waals surface area contributed by atoms with Crippen LogP contribution in [0.15, 0.2) is 42.5 Å². The van der Waals surface area contributed by atoms with Crippen molar-refractivity contribution in [3.63, 3.8) is 0 Å². The normalized spacial score (nSPS) is 11.1. The Kier molecular flexibility index (Phi) is 4.88. The molecule has 124 valence electrons. The first kappa shape index (κ1) is 16.6. The SMILES string of the molecule is NCCCCc1c(-c2ccccc2)[nH]c2c(Cl)ccc(C(=O)O)c12. The third-order valence-corrected chi connectivity index (χ3v) is 4.50. The van der Waals surface area contributed by atoms with E-state index in [-0.39, 0.29) is 5.56 Å². The monoisotopic (exact) mass is 342 g/mol. The number of carbonyl (C=O) groups is 1. The molecule has 0 aliphatic heterocycles. The zero-order valence-corrected chi connectivity index (χ0v) is 13.9. The van der Waals surface area contributed by atoms with E-state index in [4.69, 9.17) is 17.3 Å². The number of aryl methyl sites for hydroxylation is 1. The van der Waals surface area contributed by atoms with Gasteiger partial charge in [-0.25, -0.2) is 4.79 Å². The molecule has 0 amide bonds. The second kappa shape index (κ2) is 7.07. The number of nitrogens with one attached hydrogen (secondary N) is 1. The fourth-order valence-electron chi connectivity index (χ4n) is 3.06. The van der Waals surface area contributed by atoms with Crippen molar-refractivity contribution < 1.29 is 9.90 Å². The van der Waals surface area contributed by atoms with Crippen LogP contribution in [0.5, 0.6) is 0 Å². The van der Waals surface area contributed by atoms with Crippen LogP contribution in [0.3, 0.4) is 0 Å². The molecule has 0 radical (unpaired) electrons. The number of hydrogen-bond donors (Lipinski definition) is 3. The maximum atomic E-state index is 11.7. The van der Waals surface area contributed by atoms with Crippen LogP contribution in [-0.2, 0) is 6.42 Å². The molecule has 0 bridgehead atoms. The molecule has 0 atom stereocenters. The summed E-state index contributed by atoms with van der Waals surface area (Å²) in [5.41, 5.74) is 9.50. The number of halogens is 1. The zero-order valence-electron chi connectivity index (χ0n) is 13.2. The van der Waals surface area contributed by atoms with Gasteiger partial charge in [0.1, 0.15) is 0 Å². The van der Waals surface area contributed by atoms with Crippen molar-refractivity contribution in [2.24, 2.45) is 5.73 Å². The van der Waals surface area contributed by atoms with Gasteiger partial charge in [-0.1, -0.05) is 41.9 Å². The standard InChI is InChI=1S/C19H19ClN2O2/c20-15-10-9-14(19(23)24)16-13(8-4-5-11-21)17(22-18(15)16)12-6-2-1-3-7-12/h1-3,6-7,9-10,22H,4-5,8,11,21H2,(H,23,24). The summed E-state index contributed by atoms with van der Waals surface area (Å²) >= 11 is 6.32. The number of nitrogens with two attached hydrogens (primary N) is 1. The Balaban J connectivity index is 2.27. The van der Waals surface area contributed by atoms with Gasteiger partial charge in [-0.2, -0.15) is 0 Å². The van der Waals surface area contributed by atoms with Crippen LogP contribution in [0.25, 0.3) is 22.2 Å². The van der Waals surface area contributed by atoms with Gasteiger partial charge in [0.15, 0.2) is 0 Å². The highest BCUT2D eigenvalue weighted by molar-refractivity contribution is 6.36. The van der Waals surface area contributed by atoms with Crippen LogP contribution in [0.4, 0.5) is 0 Å². The van der Waals surface area contributed by atoms with Crippen molar-refractivity contribution >= 4 is 28.5 Å². The highest BCUT2D eigenvalue weighted by atomic mass is 35.5. The summed E-state index contributed by atoms with van der Waals surface area (Å²) in [4.78, 5) is 15.0. The minimum atomic E-state index is -0.949. The Morgan fingerprint density at radius 2 is 1.88 bits per heavy atom. The average molecular weight is 343 g/mol. The number of rotatable bonds is 6. The average Bonchev–Trinajstić information content (AvgIpc) is 2.96. The molecule has 5 heteroatoms. The van der Waals surface area contributed by atoms with Gasteiger partial charge in [0.05, 0.1) is 16.1 Å². The molecule has 0 aliphatic rings. The lowest BCUT2D eigenvalue weighted by atomic mass is 9.97. The molecule has 4 nitrogen and oxygen atoms in total. The Morgan fingerprint density at radius 1 is 1.12 bits per heavy atom. The Bertz CT molecular complexity index is 872. The predicted octanol–water partition coefficient (Wildman–Crippen LogP) is 4.47. The van der Waals surface area contributed by atoms with Crippen molar-refractivity contribution in [2.75, 3.05) is 6.54 Å². The lowest BCUT2D eigenvalue weighted by Crippen LogP contribution is -2.01. The van der Waals surface area contributed by atoms with Crippen molar-refractivity contribution in [1.82, 2.24) is 4.98 Å². The molecule has 0 unspecified atom stereocenters. The molecule has 4 N–H and O–H groups in total. The molecule has 0 saturated heterocycles. The van der Waals surface area contributed by atoms with E-state index < -0.39 is 5.97 Å². The van der Waals surface area contributed by atoms with E-state index in [9.17, 15) is 9.90 Å². The van der Waals surface area contributed by atoms with Crippen LogP contribution in [0.2, 0.25) is 5.02 Å². The third-order valence-electron chi connectivity index (χ3n) is 4.18. The number of benzene rings is 2. The fraction of sp³-hybridized carbons (Fsp3) is 0.211. The Hall–Kier alpha value is -2.30. The molecule has 0 saturated carbocycles. The highest BCUT2D eigenvalue weighted by Gasteiger charge is 2.20. The van der Waals surface area contributed by atoms with Gasteiger partial charge in [0.25, 0.3) is 0 Å². The molecule has 0 aliphatic carbocycles. The zero-order chi connectivity index (χ0) is 17.1. The number of carboxylic acid groups (broad SMARTS) is 1. The van der Waals surface area contributed by atoms with Crippen LogP contribution in [0.1, 0.15) is 28.8 Å². The third kappa shape index (κ3) is 3.03. The van der Waals surface area contributed by atoms with Crippen LogP contribution in [0, 0.1) is 0 Å². The van der Waals surface area contributed by atoms with Crippen molar-refractivity contribution in [1.29, 1.82) is 0 Å². The number of fused-ring (bicyclic) bond motifs is 1. The van der Waals surface area contributed by atoms with E-state index in [1.165, 1.54) is 0 Å². The largest absolute Gasteiger partial charge is 0.478 e. The van der Waals surface area contributed by atoms with Crippen LogP contribution in [-0.4, -0.2) is 22.6 Å². The van der Waals surface area contributed by atoms with Gasteiger partial charge in [0, 0.05) is 11.1 Å². The lowest BCUT2D eigenvalue weighted by molar-refractivity contribution is 0.0699. The predicted molar refractivity (Wildman–Crippen MR) is 97.7 cm³/mol. The number of aromatic nitrogens is 1. The smallest absolute Gasteiger partial charge is 0.336 e. The highest BCUT2D eigenvalue weighted by Crippen LogP contribution is 2.36. The minimum Gasteiger partial charge on any atom is -0.478 e. The van der Waals surface area contributed by atoms with E-state index in [0.717, 1.165) is 36.1 Å². The van der Waals surface area contributed by atoms with Crippen molar-refractivity contribution in [3.8, 4) is 11.3 Å². The van der Waals surface area contributed by atoms with E-state index in [2.05, 4.69) is 4.98 Å². The first-order valence-electron chi connectivity index (χ1n) is 7.95.